The average molecular weight is 185 g/mol. The molecule has 1 aliphatic heterocycles. The van der Waals surface area contributed by atoms with Gasteiger partial charge in [0, 0.05) is 32.7 Å². The zero-order valence-electron chi connectivity index (χ0n) is 8.90. The van der Waals surface area contributed by atoms with Crippen molar-refractivity contribution in [1.82, 2.24) is 10.2 Å². The van der Waals surface area contributed by atoms with E-state index in [1.165, 1.54) is 0 Å². The quantitative estimate of drug-likeness (QED) is 0.684. The number of aliphatic hydroxyl groups is 1. The lowest BCUT2D eigenvalue weighted by molar-refractivity contribution is 0.140. The van der Waals surface area contributed by atoms with Crippen molar-refractivity contribution in [3.05, 3.63) is 0 Å². The van der Waals surface area contributed by atoms with Crippen molar-refractivity contribution >= 4 is 0 Å². The Kier molecular flexibility index (Phi) is 4.16. The van der Waals surface area contributed by atoms with Crippen LogP contribution >= 0.6 is 0 Å². The lowest BCUT2D eigenvalue weighted by Gasteiger charge is -2.30. The highest BCUT2D eigenvalue weighted by molar-refractivity contribution is 4.83. The Morgan fingerprint density at radius 2 is 2.23 bits per heavy atom. The molecule has 1 rings (SSSR count). The summed E-state index contributed by atoms with van der Waals surface area (Å²) in [7, 11) is 1.86. The minimum atomic E-state index is -0.113. The second kappa shape index (κ2) is 4.94. The summed E-state index contributed by atoms with van der Waals surface area (Å²) in [6.07, 6.45) is 0.811. The smallest absolute Gasteiger partial charge is 0.0679 e. The Hall–Kier alpha value is -0.120. The van der Waals surface area contributed by atoms with Gasteiger partial charge in [0.15, 0.2) is 0 Å². The fourth-order valence-electron chi connectivity index (χ4n) is 2.00. The third-order valence-electron chi connectivity index (χ3n) is 2.80. The molecule has 1 saturated heterocycles. The molecule has 2 atom stereocenters. The lowest BCUT2D eigenvalue weighted by atomic mass is 10.0. The van der Waals surface area contributed by atoms with Crippen LogP contribution in [-0.4, -0.2) is 48.8 Å². The van der Waals surface area contributed by atoms with Gasteiger partial charge in [-0.2, -0.15) is 0 Å². The third kappa shape index (κ3) is 2.93. The SMILES string of the molecule is C[N]CC(C(C)C)N1CCC(O)C1. The van der Waals surface area contributed by atoms with E-state index in [0.29, 0.717) is 12.0 Å². The van der Waals surface area contributed by atoms with E-state index in [9.17, 15) is 5.11 Å². The summed E-state index contributed by atoms with van der Waals surface area (Å²) < 4.78 is 0. The number of likely N-dealkylation sites (N-methyl/N-ethyl adjacent to an activating group) is 1. The lowest BCUT2D eigenvalue weighted by Crippen LogP contribution is -2.42. The van der Waals surface area contributed by atoms with Crippen LogP contribution in [0.2, 0.25) is 0 Å². The monoisotopic (exact) mass is 185 g/mol. The number of β-amino-alcohol motifs (C(OH)–C–C–N with tert-alkyl or cyclic N) is 1. The maximum atomic E-state index is 9.43. The summed E-state index contributed by atoms with van der Waals surface area (Å²) in [5.74, 6) is 0.619. The van der Waals surface area contributed by atoms with Crippen LogP contribution in [-0.2, 0) is 0 Å². The summed E-state index contributed by atoms with van der Waals surface area (Å²) >= 11 is 0. The molecule has 2 unspecified atom stereocenters. The van der Waals surface area contributed by atoms with Crippen LogP contribution in [0.4, 0.5) is 0 Å². The minimum absolute atomic E-state index is 0.113. The van der Waals surface area contributed by atoms with Crippen LogP contribution in [0.3, 0.4) is 0 Å². The molecule has 3 heteroatoms. The van der Waals surface area contributed by atoms with Crippen molar-refractivity contribution in [2.24, 2.45) is 5.92 Å². The molecule has 0 aromatic heterocycles. The van der Waals surface area contributed by atoms with Crippen molar-refractivity contribution in [3.8, 4) is 0 Å². The molecule has 0 aromatic rings. The maximum Gasteiger partial charge on any atom is 0.0679 e. The zero-order valence-corrected chi connectivity index (χ0v) is 8.90. The summed E-state index contributed by atoms with van der Waals surface area (Å²) in [6, 6.07) is 0.516. The Morgan fingerprint density at radius 3 is 2.62 bits per heavy atom. The first kappa shape index (κ1) is 11.0. The largest absolute Gasteiger partial charge is 0.392 e. The Balaban J connectivity index is 2.44. The highest BCUT2D eigenvalue weighted by Crippen LogP contribution is 2.17. The van der Waals surface area contributed by atoms with Crippen LogP contribution in [0.1, 0.15) is 20.3 Å². The fraction of sp³-hybridized carbons (Fsp3) is 1.00. The summed E-state index contributed by atoms with van der Waals surface area (Å²) in [5.41, 5.74) is 0. The van der Waals surface area contributed by atoms with Gasteiger partial charge in [0.05, 0.1) is 6.10 Å². The molecule has 0 saturated carbocycles. The first-order valence-corrected chi connectivity index (χ1v) is 5.13. The molecular formula is C10H21N2O. The molecule has 77 valence electrons. The maximum absolute atomic E-state index is 9.43. The minimum Gasteiger partial charge on any atom is -0.392 e. The molecule has 0 aromatic carbocycles. The molecule has 1 radical (unpaired) electrons. The second-order valence-corrected chi connectivity index (χ2v) is 4.25. The molecule has 0 aliphatic carbocycles. The molecule has 3 nitrogen and oxygen atoms in total. The molecule has 0 spiro atoms. The summed E-state index contributed by atoms with van der Waals surface area (Å²) in [6.45, 7) is 7.20. The van der Waals surface area contributed by atoms with Crippen molar-refractivity contribution in [1.29, 1.82) is 0 Å². The molecule has 0 bridgehead atoms. The number of nitrogens with zero attached hydrogens (tertiary/aromatic N) is 2. The van der Waals surface area contributed by atoms with Crippen LogP contribution in [0, 0.1) is 5.92 Å². The van der Waals surface area contributed by atoms with E-state index < -0.39 is 0 Å². The van der Waals surface area contributed by atoms with Gasteiger partial charge in [-0.15, -0.1) is 0 Å². The predicted octanol–water partition coefficient (Wildman–Crippen LogP) is 0.312. The van der Waals surface area contributed by atoms with Gasteiger partial charge in [-0.3, -0.25) is 4.90 Å². The summed E-state index contributed by atoms with van der Waals surface area (Å²) in [4.78, 5) is 2.36. The second-order valence-electron chi connectivity index (χ2n) is 4.25. The van der Waals surface area contributed by atoms with E-state index in [1.54, 1.807) is 0 Å². The predicted molar refractivity (Wildman–Crippen MR) is 53.7 cm³/mol. The first-order chi connectivity index (χ1) is 6.15. The zero-order chi connectivity index (χ0) is 9.84. The number of hydrogen-bond donors (Lipinski definition) is 1. The fourth-order valence-corrected chi connectivity index (χ4v) is 2.00. The van der Waals surface area contributed by atoms with Crippen molar-refractivity contribution in [2.75, 3.05) is 26.7 Å². The van der Waals surface area contributed by atoms with Crippen LogP contribution in [0.5, 0.6) is 0 Å². The number of aliphatic hydroxyl groups excluding tert-OH is 1. The molecule has 1 N–H and O–H groups in total. The first-order valence-electron chi connectivity index (χ1n) is 5.13. The highest BCUT2D eigenvalue weighted by atomic mass is 16.3. The molecular weight excluding hydrogens is 164 g/mol. The van der Waals surface area contributed by atoms with Crippen molar-refractivity contribution in [2.45, 2.75) is 32.4 Å². The Labute approximate surface area is 81.1 Å². The standard InChI is InChI=1S/C10H21N2O/c1-8(2)10(6-11-3)12-5-4-9(13)7-12/h8-10,13H,4-7H2,1-3H3. The normalized spacial score (nSPS) is 27.0. The number of likely N-dealkylation sites (tertiary alicyclic amines) is 1. The molecule has 13 heavy (non-hydrogen) atoms. The van der Waals surface area contributed by atoms with E-state index >= 15 is 0 Å². The van der Waals surface area contributed by atoms with Crippen molar-refractivity contribution in [3.63, 3.8) is 0 Å². The van der Waals surface area contributed by atoms with Crippen LogP contribution in [0.15, 0.2) is 0 Å². The van der Waals surface area contributed by atoms with E-state index in [2.05, 4.69) is 24.1 Å². The molecule has 0 amide bonds. The van der Waals surface area contributed by atoms with E-state index in [-0.39, 0.29) is 6.10 Å². The van der Waals surface area contributed by atoms with Gasteiger partial charge in [-0.1, -0.05) is 13.8 Å². The van der Waals surface area contributed by atoms with Crippen LogP contribution in [0.25, 0.3) is 0 Å². The van der Waals surface area contributed by atoms with Gasteiger partial charge in [0.1, 0.15) is 0 Å². The van der Waals surface area contributed by atoms with Crippen molar-refractivity contribution < 1.29 is 5.11 Å². The number of hydrogen-bond acceptors (Lipinski definition) is 2. The van der Waals surface area contributed by atoms with Gasteiger partial charge < -0.3 is 5.11 Å². The van der Waals surface area contributed by atoms with Gasteiger partial charge >= 0.3 is 0 Å². The van der Waals surface area contributed by atoms with Crippen LogP contribution < -0.4 is 5.32 Å². The molecule has 1 fully saturated rings. The van der Waals surface area contributed by atoms with Gasteiger partial charge in [-0.25, -0.2) is 5.32 Å². The summed E-state index contributed by atoms with van der Waals surface area (Å²) in [5, 5.41) is 13.6. The van der Waals surface area contributed by atoms with E-state index in [0.717, 1.165) is 26.1 Å². The Bertz CT molecular complexity index is 150. The average Bonchev–Trinajstić information content (AvgIpc) is 2.46. The van der Waals surface area contributed by atoms with Gasteiger partial charge in [0.2, 0.25) is 0 Å². The van der Waals surface area contributed by atoms with E-state index in [4.69, 9.17) is 0 Å². The van der Waals surface area contributed by atoms with E-state index in [1.807, 2.05) is 7.05 Å². The Morgan fingerprint density at radius 1 is 1.54 bits per heavy atom. The van der Waals surface area contributed by atoms with Gasteiger partial charge in [0.25, 0.3) is 0 Å². The molecule has 1 aliphatic rings. The topological polar surface area (TPSA) is 37.6 Å². The molecule has 1 heterocycles. The van der Waals surface area contributed by atoms with Gasteiger partial charge in [-0.05, 0) is 12.3 Å². The highest BCUT2D eigenvalue weighted by Gasteiger charge is 2.28. The third-order valence-corrected chi connectivity index (χ3v) is 2.80. The number of rotatable bonds is 4.